The number of nitrogens with two attached hydrogens (primary N) is 1. The van der Waals surface area contributed by atoms with Crippen molar-refractivity contribution >= 4 is 21.9 Å². The molecule has 0 bridgehead atoms. The van der Waals surface area contributed by atoms with Crippen LogP contribution < -0.4 is 15.2 Å². The summed E-state index contributed by atoms with van der Waals surface area (Å²) in [6.07, 6.45) is 0.715. The summed E-state index contributed by atoms with van der Waals surface area (Å²) >= 11 is 3.39. The Morgan fingerprint density at radius 3 is 3.00 bits per heavy atom. The van der Waals surface area contributed by atoms with E-state index < -0.39 is 12.0 Å². The second-order valence-corrected chi connectivity index (χ2v) is 4.50. The first-order chi connectivity index (χ1) is 8.06. The van der Waals surface area contributed by atoms with Gasteiger partial charge in [-0.1, -0.05) is 15.9 Å². The molecule has 92 valence electrons. The third-order valence-corrected chi connectivity index (χ3v) is 3.66. The normalized spacial score (nSPS) is 15.0. The van der Waals surface area contributed by atoms with Crippen molar-refractivity contribution < 1.29 is 19.4 Å². The van der Waals surface area contributed by atoms with E-state index >= 15 is 0 Å². The average molecular weight is 302 g/mol. The van der Waals surface area contributed by atoms with Crippen LogP contribution in [0, 0.1) is 0 Å². The van der Waals surface area contributed by atoms with E-state index in [2.05, 4.69) is 15.9 Å². The first-order valence-corrected chi connectivity index (χ1v) is 5.86. The SMILES string of the molecule is COc1cc(C(N)C(=O)O)c(Br)c2c1OCC2. The Hall–Kier alpha value is -1.27. The third-order valence-electron chi connectivity index (χ3n) is 2.72. The molecule has 1 heterocycles. The topological polar surface area (TPSA) is 81.8 Å². The summed E-state index contributed by atoms with van der Waals surface area (Å²) in [5.41, 5.74) is 7.04. The van der Waals surface area contributed by atoms with Crippen LogP contribution in [0.1, 0.15) is 17.2 Å². The number of carbonyl (C=O) groups is 1. The van der Waals surface area contributed by atoms with Gasteiger partial charge in [-0.15, -0.1) is 0 Å². The highest BCUT2D eigenvalue weighted by Crippen LogP contribution is 2.43. The van der Waals surface area contributed by atoms with Gasteiger partial charge in [0.1, 0.15) is 6.04 Å². The predicted molar refractivity (Wildman–Crippen MR) is 64.5 cm³/mol. The van der Waals surface area contributed by atoms with Crippen LogP contribution in [0.4, 0.5) is 0 Å². The molecule has 1 atom stereocenters. The molecule has 0 aromatic heterocycles. The van der Waals surface area contributed by atoms with E-state index in [0.29, 0.717) is 34.6 Å². The number of carboxylic acids is 1. The van der Waals surface area contributed by atoms with Crippen molar-refractivity contribution in [1.82, 2.24) is 0 Å². The van der Waals surface area contributed by atoms with Crippen LogP contribution in [0.2, 0.25) is 0 Å². The smallest absolute Gasteiger partial charge is 0.325 e. The van der Waals surface area contributed by atoms with Gasteiger partial charge in [-0.2, -0.15) is 0 Å². The van der Waals surface area contributed by atoms with Gasteiger partial charge in [0.2, 0.25) is 0 Å². The van der Waals surface area contributed by atoms with Crippen LogP contribution in [0.3, 0.4) is 0 Å². The number of aliphatic carboxylic acids is 1. The fourth-order valence-electron chi connectivity index (χ4n) is 1.84. The number of halogens is 1. The zero-order valence-corrected chi connectivity index (χ0v) is 10.8. The van der Waals surface area contributed by atoms with Crippen LogP contribution in [-0.4, -0.2) is 24.8 Å². The fourth-order valence-corrected chi connectivity index (χ4v) is 2.58. The molecule has 1 aromatic carbocycles. The van der Waals surface area contributed by atoms with E-state index in [0.717, 1.165) is 5.56 Å². The molecule has 0 spiro atoms. The van der Waals surface area contributed by atoms with Gasteiger partial charge in [0.05, 0.1) is 13.7 Å². The highest BCUT2D eigenvalue weighted by atomic mass is 79.9. The lowest BCUT2D eigenvalue weighted by Crippen LogP contribution is -2.21. The molecule has 6 heteroatoms. The monoisotopic (exact) mass is 301 g/mol. The van der Waals surface area contributed by atoms with Crippen LogP contribution in [0.5, 0.6) is 11.5 Å². The molecule has 1 aliphatic rings. The van der Waals surface area contributed by atoms with Gasteiger partial charge in [0, 0.05) is 16.5 Å². The van der Waals surface area contributed by atoms with Crippen molar-refractivity contribution in [3.8, 4) is 11.5 Å². The maximum atomic E-state index is 10.9. The van der Waals surface area contributed by atoms with Gasteiger partial charge in [-0.3, -0.25) is 4.79 Å². The Kier molecular flexibility index (Phi) is 3.26. The third kappa shape index (κ3) is 1.98. The maximum Gasteiger partial charge on any atom is 0.325 e. The van der Waals surface area contributed by atoms with Crippen molar-refractivity contribution in [1.29, 1.82) is 0 Å². The highest BCUT2D eigenvalue weighted by Gasteiger charge is 2.27. The minimum atomic E-state index is -1.08. The molecule has 1 aliphatic heterocycles. The summed E-state index contributed by atoms with van der Waals surface area (Å²) in [6, 6.07) is 0.525. The first kappa shape index (κ1) is 12.2. The number of methoxy groups -OCH3 is 1. The lowest BCUT2D eigenvalue weighted by Gasteiger charge is -2.15. The quantitative estimate of drug-likeness (QED) is 0.884. The maximum absolute atomic E-state index is 10.9. The molecular weight excluding hydrogens is 290 g/mol. The van der Waals surface area contributed by atoms with Crippen LogP contribution in [-0.2, 0) is 11.2 Å². The van der Waals surface area contributed by atoms with E-state index in [1.54, 1.807) is 6.07 Å². The van der Waals surface area contributed by atoms with Crippen molar-refractivity contribution in [2.24, 2.45) is 5.73 Å². The Morgan fingerprint density at radius 1 is 1.71 bits per heavy atom. The molecule has 0 saturated heterocycles. The number of hydrogen-bond acceptors (Lipinski definition) is 4. The summed E-state index contributed by atoms with van der Waals surface area (Å²) in [5.74, 6) is 0.111. The summed E-state index contributed by atoms with van der Waals surface area (Å²) in [4.78, 5) is 10.9. The fraction of sp³-hybridized carbons (Fsp3) is 0.364. The molecule has 1 aromatic rings. The van der Waals surface area contributed by atoms with Crippen molar-refractivity contribution in [2.45, 2.75) is 12.5 Å². The Bertz CT molecular complexity index is 475. The van der Waals surface area contributed by atoms with Crippen molar-refractivity contribution in [2.75, 3.05) is 13.7 Å². The van der Waals surface area contributed by atoms with Gasteiger partial charge in [-0.25, -0.2) is 0 Å². The second-order valence-electron chi connectivity index (χ2n) is 3.70. The number of rotatable bonds is 3. The lowest BCUT2D eigenvalue weighted by atomic mass is 10.0. The molecule has 17 heavy (non-hydrogen) atoms. The summed E-state index contributed by atoms with van der Waals surface area (Å²) < 4.78 is 11.3. The average Bonchev–Trinajstić information content (AvgIpc) is 2.78. The largest absolute Gasteiger partial charge is 0.493 e. The van der Waals surface area contributed by atoms with E-state index in [4.69, 9.17) is 20.3 Å². The lowest BCUT2D eigenvalue weighted by molar-refractivity contribution is -0.138. The van der Waals surface area contributed by atoms with Gasteiger partial charge in [-0.05, 0) is 11.6 Å². The number of ether oxygens (including phenoxy) is 2. The molecule has 0 amide bonds. The summed E-state index contributed by atoms with van der Waals surface area (Å²) in [5, 5.41) is 8.95. The van der Waals surface area contributed by atoms with E-state index in [1.807, 2.05) is 0 Å². The molecule has 5 nitrogen and oxygen atoms in total. The Labute approximate surface area is 107 Å². The van der Waals surface area contributed by atoms with E-state index in [1.165, 1.54) is 7.11 Å². The molecule has 0 fully saturated rings. The zero-order valence-electron chi connectivity index (χ0n) is 9.20. The highest BCUT2D eigenvalue weighted by molar-refractivity contribution is 9.10. The van der Waals surface area contributed by atoms with Crippen LogP contribution in [0.25, 0.3) is 0 Å². The number of benzene rings is 1. The molecule has 0 radical (unpaired) electrons. The number of carboxylic acid groups (broad SMARTS) is 1. The first-order valence-electron chi connectivity index (χ1n) is 5.06. The Morgan fingerprint density at radius 2 is 2.41 bits per heavy atom. The van der Waals surface area contributed by atoms with E-state index in [9.17, 15) is 4.79 Å². The number of fused-ring (bicyclic) bond motifs is 1. The zero-order chi connectivity index (χ0) is 12.6. The van der Waals surface area contributed by atoms with Crippen LogP contribution >= 0.6 is 15.9 Å². The summed E-state index contributed by atoms with van der Waals surface area (Å²) in [7, 11) is 1.52. The second kappa shape index (κ2) is 4.54. The molecular formula is C11H12BrNO4. The minimum Gasteiger partial charge on any atom is -0.493 e. The minimum absolute atomic E-state index is 0.499. The van der Waals surface area contributed by atoms with Gasteiger partial charge in [0.25, 0.3) is 0 Å². The molecule has 3 N–H and O–H groups in total. The van der Waals surface area contributed by atoms with Gasteiger partial charge in [0.15, 0.2) is 11.5 Å². The van der Waals surface area contributed by atoms with Crippen LogP contribution in [0.15, 0.2) is 10.5 Å². The predicted octanol–water partition coefficient (Wildman–Crippen LogP) is 1.48. The summed E-state index contributed by atoms with van der Waals surface area (Å²) in [6.45, 7) is 0.566. The van der Waals surface area contributed by atoms with Crippen molar-refractivity contribution in [3.05, 3.63) is 21.7 Å². The standard InChI is InChI=1S/C11H12BrNO4/c1-16-7-4-6(9(13)11(14)15)8(12)5-2-3-17-10(5)7/h4,9H,2-3,13H2,1H3,(H,14,15). The molecule has 0 saturated carbocycles. The van der Waals surface area contributed by atoms with Gasteiger partial charge < -0.3 is 20.3 Å². The molecule has 1 unspecified atom stereocenters. The Balaban J connectivity index is 2.58. The van der Waals surface area contributed by atoms with E-state index in [-0.39, 0.29) is 0 Å². The molecule has 0 aliphatic carbocycles. The van der Waals surface area contributed by atoms with Crippen molar-refractivity contribution in [3.63, 3.8) is 0 Å². The van der Waals surface area contributed by atoms with Gasteiger partial charge >= 0.3 is 5.97 Å². The number of hydrogen-bond donors (Lipinski definition) is 2. The molecule has 2 rings (SSSR count).